The van der Waals surface area contributed by atoms with Crippen LogP contribution in [0.15, 0.2) is 0 Å². The van der Waals surface area contributed by atoms with Gasteiger partial charge in [-0.3, -0.25) is 4.79 Å². The average molecular weight is 214 g/mol. The highest BCUT2D eigenvalue weighted by Crippen LogP contribution is 2.37. The largest absolute Gasteiger partial charge is 0.465 e. The number of nitrogens with two attached hydrogens (primary N) is 1. The Bertz CT molecular complexity index is 221. The molecule has 88 valence electrons. The van der Waals surface area contributed by atoms with Gasteiger partial charge in [0.15, 0.2) is 0 Å². The first kappa shape index (κ1) is 12.5. The van der Waals surface area contributed by atoms with Gasteiger partial charge in [0.1, 0.15) is 6.04 Å². The number of carbonyl (C=O) groups excluding carboxylic acids is 1. The summed E-state index contributed by atoms with van der Waals surface area (Å²) in [5.41, 5.74) is 5.72. The quantitative estimate of drug-likeness (QED) is 0.653. The number of nitrogens with zero attached hydrogens (tertiary/aromatic N) is 1. The van der Waals surface area contributed by atoms with Gasteiger partial charge in [-0.05, 0) is 32.2 Å². The van der Waals surface area contributed by atoms with Crippen LogP contribution < -0.4 is 5.73 Å². The van der Waals surface area contributed by atoms with Gasteiger partial charge in [-0.2, -0.15) is 0 Å². The van der Waals surface area contributed by atoms with E-state index >= 15 is 0 Å². The zero-order chi connectivity index (χ0) is 11.4. The van der Waals surface area contributed by atoms with E-state index in [1.54, 1.807) is 6.92 Å². The lowest BCUT2D eigenvalue weighted by Crippen LogP contribution is -2.42. The number of hydrogen-bond donors (Lipinski definition) is 1. The van der Waals surface area contributed by atoms with Gasteiger partial charge in [0.05, 0.1) is 6.61 Å². The van der Waals surface area contributed by atoms with Crippen LogP contribution in [-0.2, 0) is 9.53 Å². The smallest absolute Gasteiger partial charge is 0.324 e. The summed E-state index contributed by atoms with van der Waals surface area (Å²) >= 11 is 0. The van der Waals surface area contributed by atoms with Gasteiger partial charge in [-0.1, -0.05) is 6.92 Å². The van der Waals surface area contributed by atoms with Crippen molar-refractivity contribution in [2.45, 2.75) is 26.3 Å². The summed E-state index contributed by atoms with van der Waals surface area (Å²) in [5, 5.41) is 0. The molecule has 1 fully saturated rings. The Kier molecular flexibility index (Phi) is 4.54. The molecule has 0 aromatic rings. The van der Waals surface area contributed by atoms with E-state index < -0.39 is 6.04 Å². The molecule has 3 atom stereocenters. The molecule has 0 aromatic carbocycles. The van der Waals surface area contributed by atoms with Crippen molar-refractivity contribution in [3.63, 3.8) is 0 Å². The highest BCUT2D eigenvalue weighted by Gasteiger charge is 2.33. The summed E-state index contributed by atoms with van der Waals surface area (Å²) in [5.74, 6) is 1.34. The van der Waals surface area contributed by atoms with Crippen LogP contribution in [0.4, 0.5) is 0 Å². The number of likely N-dealkylation sites (N-methyl/N-ethyl adjacent to an activating group) is 1. The van der Waals surface area contributed by atoms with Crippen molar-refractivity contribution in [1.29, 1.82) is 0 Å². The Morgan fingerprint density at radius 3 is 2.73 bits per heavy atom. The molecule has 1 aliphatic carbocycles. The molecule has 4 heteroatoms. The molecule has 0 spiro atoms. The van der Waals surface area contributed by atoms with E-state index in [9.17, 15) is 4.79 Å². The first-order chi connectivity index (χ1) is 7.04. The van der Waals surface area contributed by atoms with E-state index in [1.807, 2.05) is 7.05 Å². The van der Waals surface area contributed by atoms with E-state index in [0.29, 0.717) is 13.2 Å². The molecule has 2 N–H and O–H groups in total. The van der Waals surface area contributed by atoms with Crippen molar-refractivity contribution >= 4 is 5.97 Å². The first-order valence-electron chi connectivity index (χ1n) is 5.65. The maximum atomic E-state index is 11.3. The molecule has 3 unspecified atom stereocenters. The zero-order valence-corrected chi connectivity index (χ0v) is 9.90. The number of carbonyl (C=O) groups is 1. The zero-order valence-electron chi connectivity index (χ0n) is 9.90. The molecule has 15 heavy (non-hydrogen) atoms. The van der Waals surface area contributed by atoms with Gasteiger partial charge in [-0.25, -0.2) is 0 Å². The third kappa shape index (κ3) is 4.18. The molecule has 0 saturated heterocycles. The van der Waals surface area contributed by atoms with Gasteiger partial charge >= 0.3 is 5.97 Å². The predicted molar refractivity (Wildman–Crippen MR) is 59.4 cm³/mol. The van der Waals surface area contributed by atoms with Gasteiger partial charge < -0.3 is 15.4 Å². The van der Waals surface area contributed by atoms with Crippen LogP contribution in [0.3, 0.4) is 0 Å². The highest BCUT2D eigenvalue weighted by atomic mass is 16.5. The average Bonchev–Trinajstić information content (AvgIpc) is 2.81. The minimum absolute atomic E-state index is 0.298. The molecule has 1 rings (SSSR count). The molecule has 4 nitrogen and oxygen atoms in total. The van der Waals surface area contributed by atoms with Gasteiger partial charge in [0, 0.05) is 13.1 Å². The van der Waals surface area contributed by atoms with Crippen LogP contribution in [0.1, 0.15) is 20.3 Å². The van der Waals surface area contributed by atoms with Crippen molar-refractivity contribution in [1.82, 2.24) is 4.90 Å². The Morgan fingerprint density at radius 2 is 2.27 bits per heavy atom. The Hall–Kier alpha value is -0.610. The lowest BCUT2D eigenvalue weighted by Gasteiger charge is -2.20. The second kappa shape index (κ2) is 5.47. The lowest BCUT2D eigenvalue weighted by atomic mass is 10.2. The topological polar surface area (TPSA) is 55.6 Å². The maximum absolute atomic E-state index is 11.3. The summed E-state index contributed by atoms with van der Waals surface area (Å²) in [6, 6.07) is -0.510. The van der Waals surface area contributed by atoms with E-state index in [-0.39, 0.29) is 5.97 Å². The third-order valence-corrected chi connectivity index (χ3v) is 2.92. The van der Waals surface area contributed by atoms with Crippen LogP contribution in [0.5, 0.6) is 0 Å². The van der Waals surface area contributed by atoms with Crippen molar-refractivity contribution in [2.24, 2.45) is 17.6 Å². The highest BCUT2D eigenvalue weighted by molar-refractivity contribution is 5.75. The Morgan fingerprint density at radius 1 is 1.67 bits per heavy atom. The van der Waals surface area contributed by atoms with Crippen LogP contribution in [0.25, 0.3) is 0 Å². The summed E-state index contributed by atoms with van der Waals surface area (Å²) < 4.78 is 4.86. The predicted octanol–water partition coefficient (Wildman–Crippen LogP) is 0.465. The van der Waals surface area contributed by atoms with Crippen molar-refractivity contribution in [3.8, 4) is 0 Å². The Balaban J connectivity index is 2.18. The number of hydrogen-bond acceptors (Lipinski definition) is 4. The summed E-state index contributed by atoms with van der Waals surface area (Å²) in [6.07, 6.45) is 1.30. The first-order valence-corrected chi connectivity index (χ1v) is 5.65. The molecular formula is C11H22N2O2. The molecular weight excluding hydrogens is 192 g/mol. The molecule has 0 aliphatic heterocycles. The SMILES string of the molecule is CCOC(=O)C(N)CN(C)CC1CC1C. The van der Waals surface area contributed by atoms with E-state index in [4.69, 9.17) is 10.5 Å². The molecule has 1 aliphatic rings. The van der Waals surface area contributed by atoms with E-state index in [0.717, 1.165) is 18.4 Å². The maximum Gasteiger partial charge on any atom is 0.324 e. The number of esters is 1. The number of rotatable bonds is 6. The van der Waals surface area contributed by atoms with E-state index in [2.05, 4.69) is 11.8 Å². The van der Waals surface area contributed by atoms with Gasteiger partial charge in [0.25, 0.3) is 0 Å². The second-order valence-corrected chi connectivity index (χ2v) is 4.55. The standard InChI is InChI=1S/C11H22N2O2/c1-4-15-11(14)10(12)7-13(3)6-9-5-8(9)2/h8-10H,4-7,12H2,1-3H3. The fraction of sp³-hybridized carbons (Fsp3) is 0.909. The van der Waals surface area contributed by atoms with E-state index in [1.165, 1.54) is 6.42 Å². The Labute approximate surface area is 91.8 Å². The fourth-order valence-corrected chi connectivity index (χ4v) is 1.79. The molecule has 0 amide bonds. The molecule has 0 aromatic heterocycles. The summed E-state index contributed by atoms with van der Waals surface area (Å²) in [4.78, 5) is 13.4. The molecule has 0 radical (unpaired) electrons. The summed E-state index contributed by atoms with van der Waals surface area (Å²) in [7, 11) is 2.00. The second-order valence-electron chi connectivity index (χ2n) is 4.55. The number of ether oxygens (including phenoxy) is 1. The minimum atomic E-state index is -0.510. The van der Waals surface area contributed by atoms with Crippen molar-refractivity contribution in [2.75, 3.05) is 26.7 Å². The van der Waals surface area contributed by atoms with Crippen molar-refractivity contribution in [3.05, 3.63) is 0 Å². The molecule has 0 bridgehead atoms. The van der Waals surface area contributed by atoms with Gasteiger partial charge in [0.2, 0.25) is 0 Å². The van der Waals surface area contributed by atoms with Crippen LogP contribution >= 0.6 is 0 Å². The summed E-state index contributed by atoms with van der Waals surface area (Å²) in [6.45, 7) is 6.07. The molecule has 0 heterocycles. The van der Waals surface area contributed by atoms with Crippen LogP contribution in [0, 0.1) is 11.8 Å². The lowest BCUT2D eigenvalue weighted by molar-refractivity contribution is -0.145. The van der Waals surface area contributed by atoms with Gasteiger partial charge in [-0.15, -0.1) is 0 Å². The van der Waals surface area contributed by atoms with Crippen molar-refractivity contribution < 1.29 is 9.53 Å². The van der Waals surface area contributed by atoms with Crippen LogP contribution in [-0.4, -0.2) is 43.7 Å². The fourth-order valence-electron chi connectivity index (χ4n) is 1.79. The molecule has 1 saturated carbocycles. The van der Waals surface area contributed by atoms with Crippen LogP contribution in [0.2, 0.25) is 0 Å². The third-order valence-electron chi connectivity index (χ3n) is 2.92. The monoisotopic (exact) mass is 214 g/mol. The normalized spacial score (nSPS) is 26.5. The minimum Gasteiger partial charge on any atom is -0.465 e.